The smallest absolute Gasteiger partial charge is 0.134 e. The molecule has 110 valence electrons. The van der Waals surface area contributed by atoms with Gasteiger partial charge in [-0.2, -0.15) is 0 Å². The first-order valence-electron chi connectivity index (χ1n) is 7.98. The van der Waals surface area contributed by atoms with E-state index in [2.05, 4.69) is 32.9 Å². The number of hydrogen-bond donors (Lipinski definition) is 1. The van der Waals surface area contributed by atoms with Crippen LogP contribution in [0.25, 0.3) is 11.0 Å². The Bertz CT molecular complexity index is 543. The zero-order chi connectivity index (χ0) is 14.5. The molecule has 0 aliphatic carbocycles. The van der Waals surface area contributed by atoms with Crippen LogP contribution in [0.2, 0.25) is 0 Å². The lowest BCUT2D eigenvalue weighted by atomic mass is 9.86. The van der Waals surface area contributed by atoms with Crippen molar-refractivity contribution < 1.29 is 4.42 Å². The fourth-order valence-electron chi connectivity index (χ4n) is 3.08. The molecule has 0 fully saturated rings. The van der Waals surface area contributed by atoms with Gasteiger partial charge in [0, 0.05) is 23.4 Å². The van der Waals surface area contributed by atoms with Gasteiger partial charge in [-0.15, -0.1) is 0 Å². The molecule has 2 atom stereocenters. The van der Waals surface area contributed by atoms with Crippen LogP contribution in [0.3, 0.4) is 0 Å². The molecule has 1 aromatic carbocycles. The molecule has 0 bridgehead atoms. The minimum atomic E-state index is 0.0881. The van der Waals surface area contributed by atoms with E-state index in [1.165, 1.54) is 30.2 Å². The summed E-state index contributed by atoms with van der Waals surface area (Å²) in [6.07, 6.45) is 5.72. The molecular weight excluding hydrogens is 246 g/mol. The van der Waals surface area contributed by atoms with Crippen molar-refractivity contribution in [2.24, 2.45) is 11.7 Å². The van der Waals surface area contributed by atoms with Crippen LogP contribution in [0.1, 0.15) is 63.8 Å². The Morgan fingerprint density at radius 1 is 1.15 bits per heavy atom. The third kappa shape index (κ3) is 2.90. The molecule has 2 heteroatoms. The highest BCUT2D eigenvalue weighted by Gasteiger charge is 2.24. The first-order valence-corrected chi connectivity index (χ1v) is 7.98. The molecule has 0 saturated carbocycles. The van der Waals surface area contributed by atoms with Crippen LogP contribution < -0.4 is 5.73 Å². The number of furan rings is 1. The van der Waals surface area contributed by atoms with Crippen molar-refractivity contribution in [3.8, 4) is 0 Å². The summed E-state index contributed by atoms with van der Waals surface area (Å²) in [7, 11) is 0. The SMILES string of the molecule is CCCCC(CC)C(N)c1c(CC)oc2ccccc12. The zero-order valence-electron chi connectivity index (χ0n) is 13.0. The summed E-state index contributed by atoms with van der Waals surface area (Å²) in [6.45, 7) is 6.62. The van der Waals surface area contributed by atoms with Gasteiger partial charge in [-0.1, -0.05) is 58.2 Å². The predicted molar refractivity (Wildman–Crippen MR) is 85.8 cm³/mol. The summed E-state index contributed by atoms with van der Waals surface area (Å²) in [5.41, 5.74) is 8.83. The van der Waals surface area contributed by atoms with Crippen LogP contribution in [-0.2, 0) is 6.42 Å². The van der Waals surface area contributed by atoms with Crippen molar-refractivity contribution in [3.05, 3.63) is 35.6 Å². The van der Waals surface area contributed by atoms with E-state index in [4.69, 9.17) is 10.2 Å². The number of aryl methyl sites for hydroxylation is 1. The van der Waals surface area contributed by atoms with Gasteiger partial charge in [0.25, 0.3) is 0 Å². The quantitative estimate of drug-likeness (QED) is 0.752. The zero-order valence-corrected chi connectivity index (χ0v) is 13.0. The predicted octanol–water partition coefficient (Wildman–Crippen LogP) is 5.21. The average molecular weight is 273 g/mol. The van der Waals surface area contributed by atoms with E-state index in [9.17, 15) is 0 Å². The summed E-state index contributed by atoms with van der Waals surface area (Å²) < 4.78 is 5.99. The van der Waals surface area contributed by atoms with E-state index in [-0.39, 0.29) is 6.04 Å². The molecule has 0 aliphatic heterocycles. The van der Waals surface area contributed by atoms with Crippen molar-refractivity contribution in [1.82, 2.24) is 0 Å². The second-order valence-electron chi connectivity index (χ2n) is 5.62. The Morgan fingerprint density at radius 2 is 1.90 bits per heavy atom. The summed E-state index contributed by atoms with van der Waals surface area (Å²) >= 11 is 0. The fourth-order valence-corrected chi connectivity index (χ4v) is 3.08. The van der Waals surface area contributed by atoms with Crippen molar-refractivity contribution in [2.45, 2.75) is 58.9 Å². The van der Waals surface area contributed by atoms with Crippen molar-refractivity contribution in [1.29, 1.82) is 0 Å². The largest absolute Gasteiger partial charge is 0.461 e. The van der Waals surface area contributed by atoms with Crippen LogP contribution in [0, 0.1) is 5.92 Å². The van der Waals surface area contributed by atoms with Crippen LogP contribution in [0.4, 0.5) is 0 Å². The van der Waals surface area contributed by atoms with Gasteiger partial charge in [-0.25, -0.2) is 0 Å². The van der Waals surface area contributed by atoms with Crippen molar-refractivity contribution in [2.75, 3.05) is 0 Å². The maximum absolute atomic E-state index is 6.62. The second kappa shape index (κ2) is 6.94. The molecule has 1 heterocycles. The fraction of sp³-hybridized carbons (Fsp3) is 0.556. The number of para-hydroxylation sites is 1. The molecule has 0 radical (unpaired) electrons. The molecule has 2 N–H and O–H groups in total. The van der Waals surface area contributed by atoms with Gasteiger partial charge in [0.05, 0.1) is 0 Å². The van der Waals surface area contributed by atoms with E-state index >= 15 is 0 Å². The van der Waals surface area contributed by atoms with Crippen LogP contribution in [-0.4, -0.2) is 0 Å². The van der Waals surface area contributed by atoms with E-state index in [1.54, 1.807) is 0 Å². The van der Waals surface area contributed by atoms with E-state index < -0.39 is 0 Å². The molecule has 2 nitrogen and oxygen atoms in total. The molecule has 0 saturated heterocycles. The Morgan fingerprint density at radius 3 is 2.55 bits per heavy atom. The van der Waals surface area contributed by atoms with Crippen molar-refractivity contribution in [3.63, 3.8) is 0 Å². The number of hydrogen-bond acceptors (Lipinski definition) is 2. The van der Waals surface area contributed by atoms with Gasteiger partial charge in [0.2, 0.25) is 0 Å². The Hall–Kier alpha value is -1.28. The third-order valence-electron chi connectivity index (χ3n) is 4.33. The Kier molecular flexibility index (Phi) is 5.24. The van der Waals surface area contributed by atoms with E-state index in [1.807, 2.05) is 12.1 Å². The van der Waals surface area contributed by atoms with Gasteiger partial charge in [-0.3, -0.25) is 0 Å². The minimum absolute atomic E-state index is 0.0881. The normalized spacial score (nSPS) is 14.6. The molecule has 2 aromatic rings. The van der Waals surface area contributed by atoms with Crippen molar-refractivity contribution >= 4 is 11.0 Å². The molecule has 0 spiro atoms. The lowest BCUT2D eigenvalue weighted by Gasteiger charge is -2.23. The highest BCUT2D eigenvalue weighted by molar-refractivity contribution is 5.82. The average Bonchev–Trinajstić information content (AvgIpc) is 2.86. The van der Waals surface area contributed by atoms with Gasteiger partial charge in [-0.05, 0) is 18.4 Å². The molecule has 2 unspecified atom stereocenters. The Labute approximate surface area is 122 Å². The monoisotopic (exact) mass is 273 g/mol. The van der Waals surface area contributed by atoms with Gasteiger partial charge < -0.3 is 10.2 Å². The maximum Gasteiger partial charge on any atom is 0.134 e. The molecular formula is C18H27NO. The number of nitrogens with two attached hydrogens (primary N) is 1. The standard InChI is InChI=1S/C18H27NO/c1-4-7-10-13(5-2)18(19)17-14-11-8-9-12-16(14)20-15(17)6-3/h8-9,11-13,18H,4-7,10,19H2,1-3H3. The van der Waals surface area contributed by atoms with E-state index in [0.717, 1.165) is 24.2 Å². The molecule has 0 amide bonds. The highest BCUT2D eigenvalue weighted by Crippen LogP contribution is 2.36. The third-order valence-corrected chi connectivity index (χ3v) is 4.33. The second-order valence-corrected chi connectivity index (χ2v) is 5.62. The first-order chi connectivity index (χ1) is 9.72. The number of unbranched alkanes of at least 4 members (excludes halogenated alkanes) is 1. The van der Waals surface area contributed by atoms with Crippen LogP contribution in [0.15, 0.2) is 28.7 Å². The first kappa shape index (κ1) is 15.1. The molecule has 2 rings (SSSR count). The van der Waals surface area contributed by atoms with Gasteiger partial charge >= 0.3 is 0 Å². The number of fused-ring (bicyclic) bond motifs is 1. The summed E-state index contributed by atoms with van der Waals surface area (Å²) in [6, 6.07) is 8.36. The van der Waals surface area contributed by atoms with Crippen LogP contribution in [0.5, 0.6) is 0 Å². The Balaban J connectivity index is 2.38. The molecule has 20 heavy (non-hydrogen) atoms. The lowest BCUT2D eigenvalue weighted by Crippen LogP contribution is -2.22. The van der Waals surface area contributed by atoms with Crippen LogP contribution >= 0.6 is 0 Å². The number of rotatable bonds is 7. The lowest BCUT2D eigenvalue weighted by molar-refractivity contribution is 0.373. The summed E-state index contributed by atoms with van der Waals surface area (Å²) in [5.74, 6) is 1.61. The number of benzene rings is 1. The van der Waals surface area contributed by atoms with E-state index in [0.29, 0.717) is 5.92 Å². The topological polar surface area (TPSA) is 39.2 Å². The molecule has 1 aromatic heterocycles. The summed E-state index contributed by atoms with van der Waals surface area (Å²) in [5, 5.41) is 1.20. The minimum Gasteiger partial charge on any atom is -0.461 e. The highest BCUT2D eigenvalue weighted by atomic mass is 16.3. The van der Waals surface area contributed by atoms with Gasteiger partial charge in [0.1, 0.15) is 11.3 Å². The molecule has 0 aliphatic rings. The maximum atomic E-state index is 6.62. The summed E-state index contributed by atoms with van der Waals surface area (Å²) in [4.78, 5) is 0. The van der Waals surface area contributed by atoms with Gasteiger partial charge in [0.15, 0.2) is 0 Å².